The number of hydrogen-bond donors (Lipinski definition) is 1. The third kappa shape index (κ3) is 3.22. The molecule has 2 aromatic carbocycles. The summed E-state index contributed by atoms with van der Waals surface area (Å²) in [5, 5.41) is 0. The van der Waals surface area contributed by atoms with E-state index in [0.29, 0.717) is 0 Å². The van der Waals surface area contributed by atoms with Crippen LogP contribution in [0, 0.1) is 13.8 Å². The molecule has 0 bridgehead atoms. The van der Waals surface area contributed by atoms with Crippen LogP contribution in [0.5, 0.6) is 0 Å². The van der Waals surface area contributed by atoms with E-state index in [1.807, 2.05) is 6.07 Å². The predicted molar refractivity (Wildman–Crippen MR) is 86.6 cm³/mol. The number of aryl methyl sites for hydroxylation is 2. The smallest absolute Gasteiger partial charge is 0.111 e. The number of hydrogen-bond acceptors (Lipinski definition) is 1. The number of benzene rings is 2. The van der Waals surface area contributed by atoms with Gasteiger partial charge in [0, 0.05) is 18.5 Å². The number of imidazole rings is 1. The van der Waals surface area contributed by atoms with Gasteiger partial charge in [-0.15, -0.1) is 0 Å². The van der Waals surface area contributed by atoms with Crippen molar-refractivity contribution in [2.24, 2.45) is 0 Å². The lowest BCUT2D eigenvalue weighted by Gasteiger charge is -2.02. The van der Waals surface area contributed by atoms with E-state index in [4.69, 9.17) is 4.98 Å². The topological polar surface area (TPSA) is 28.7 Å². The summed E-state index contributed by atoms with van der Waals surface area (Å²) < 4.78 is 0. The molecule has 0 fully saturated rings. The fourth-order valence-corrected chi connectivity index (χ4v) is 2.60. The summed E-state index contributed by atoms with van der Waals surface area (Å²) in [6.45, 7) is 4.25. The second kappa shape index (κ2) is 5.96. The van der Waals surface area contributed by atoms with Crippen LogP contribution in [0.4, 0.5) is 0 Å². The Morgan fingerprint density at radius 2 is 1.57 bits per heavy atom. The molecule has 0 amide bonds. The Morgan fingerprint density at radius 3 is 2.33 bits per heavy atom. The van der Waals surface area contributed by atoms with Gasteiger partial charge in [-0.1, -0.05) is 54.6 Å². The second-order valence-corrected chi connectivity index (χ2v) is 5.52. The van der Waals surface area contributed by atoms with Gasteiger partial charge in [0.2, 0.25) is 0 Å². The van der Waals surface area contributed by atoms with E-state index in [9.17, 15) is 0 Å². The molecule has 1 aromatic heterocycles. The molecule has 3 rings (SSSR count). The van der Waals surface area contributed by atoms with Crippen LogP contribution in [0.1, 0.15) is 33.9 Å². The number of nitrogens with zero attached hydrogens (tertiary/aromatic N) is 1. The SMILES string of the molecule is Cc1ccccc1Cc1nc(Cc2ccccc2)c(C)[nH]1. The Morgan fingerprint density at radius 1 is 0.857 bits per heavy atom. The summed E-state index contributed by atoms with van der Waals surface area (Å²) >= 11 is 0. The van der Waals surface area contributed by atoms with Crippen molar-refractivity contribution in [3.63, 3.8) is 0 Å². The van der Waals surface area contributed by atoms with Crippen LogP contribution < -0.4 is 0 Å². The Labute approximate surface area is 125 Å². The van der Waals surface area contributed by atoms with E-state index in [-0.39, 0.29) is 0 Å². The third-order valence-electron chi connectivity index (χ3n) is 3.87. The van der Waals surface area contributed by atoms with E-state index in [2.05, 4.69) is 67.4 Å². The van der Waals surface area contributed by atoms with Crippen molar-refractivity contribution in [1.82, 2.24) is 9.97 Å². The molecule has 3 aromatic rings. The fraction of sp³-hybridized carbons (Fsp3) is 0.211. The van der Waals surface area contributed by atoms with Gasteiger partial charge in [0.05, 0.1) is 5.69 Å². The zero-order chi connectivity index (χ0) is 14.7. The average Bonchev–Trinajstić information content (AvgIpc) is 2.82. The van der Waals surface area contributed by atoms with Gasteiger partial charge in [-0.2, -0.15) is 0 Å². The average molecular weight is 276 g/mol. The first-order chi connectivity index (χ1) is 10.2. The number of rotatable bonds is 4. The van der Waals surface area contributed by atoms with Gasteiger partial charge >= 0.3 is 0 Å². The molecule has 0 saturated heterocycles. The molecule has 0 saturated carbocycles. The number of aromatic amines is 1. The zero-order valence-corrected chi connectivity index (χ0v) is 12.6. The number of nitrogens with one attached hydrogen (secondary N) is 1. The second-order valence-electron chi connectivity index (χ2n) is 5.52. The van der Waals surface area contributed by atoms with E-state index in [1.54, 1.807) is 0 Å². The number of aromatic nitrogens is 2. The van der Waals surface area contributed by atoms with E-state index in [0.717, 1.165) is 24.4 Å². The van der Waals surface area contributed by atoms with Crippen LogP contribution in [0.3, 0.4) is 0 Å². The van der Waals surface area contributed by atoms with Crippen molar-refractivity contribution >= 4 is 0 Å². The summed E-state index contributed by atoms with van der Waals surface area (Å²) in [5.74, 6) is 1.05. The lowest BCUT2D eigenvalue weighted by molar-refractivity contribution is 0.991. The van der Waals surface area contributed by atoms with Crippen LogP contribution >= 0.6 is 0 Å². The first kappa shape index (κ1) is 13.6. The highest BCUT2D eigenvalue weighted by atomic mass is 14.9. The highest BCUT2D eigenvalue weighted by Gasteiger charge is 2.09. The minimum Gasteiger partial charge on any atom is -0.346 e. The maximum absolute atomic E-state index is 4.79. The summed E-state index contributed by atoms with van der Waals surface area (Å²) in [7, 11) is 0. The van der Waals surface area contributed by atoms with Crippen molar-refractivity contribution in [3.8, 4) is 0 Å². The molecule has 0 atom stereocenters. The van der Waals surface area contributed by atoms with E-state index >= 15 is 0 Å². The van der Waals surface area contributed by atoms with Crippen LogP contribution in [0.2, 0.25) is 0 Å². The Hall–Kier alpha value is -2.35. The van der Waals surface area contributed by atoms with Crippen molar-refractivity contribution < 1.29 is 0 Å². The van der Waals surface area contributed by atoms with Crippen molar-refractivity contribution in [3.05, 3.63) is 88.5 Å². The highest BCUT2D eigenvalue weighted by Crippen LogP contribution is 2.15. The molecule has 2 nitrogen and oxygen atoms in total. The monoisotopic (exact) mass is 276 g/mol. The maximum atomic E-state index is 4.79. The van der Waals surface area contributed by atoms with Gasteiger partial charge in [0.25, 0.3) is 0 Å². The molecule has 0 unspecified atom stereocenters. The van der Waals surface area contributed by atoms with Gasteiger partial charge in [0.1, 0.15) is 5.82 Å². The first-order valence-corrected chi connectivity index (χ1v) is 7.35. The minimum atomic E-state index is 0.863. The fourth-order valence-electron chi connectivity index (χ4n) is 2.60. The van der Waals surface area contributed by atoms with Gasteiger partial charge in [-0.25, -0.2) is 4.98 Å². The lowest BCUT2D eigenvalue weighted by Crippen LogP contribution is -1.94. The van der Waals surface area contributed by atoms with Crippen molar-refractivity contribution in [2.45, 2.75) is 26.7 Å². The van der Waals surface area contributed by atoms with Crippen LogP contribution in [0.25, 0.3) is 0 Å². The molecule has 0 aliphatic carbocycles. The predicted octanol–water partition coefficient (Wildman–Crippen LogP) is 4.21. The Balaban J connectivity index is 1.80. The molecular weight excluding hydrogens is 256 g/mol. The highest BCUT2D eigenvalue weighted by molar-refractivity contribution is 5.30. The van der Waals surface area contributed by atoms with Crippen LogP contribution in [-0.2, 0) is 12.8 Å². The summed E-state index contributed by atoms with van der Waals surface area (Å²) in [4.78, 5) is 8.22. The zero-order valence-electron chi connectivity index (χ0n) is 12.6. The molecular formula is C19H20N2. The molecule has 106 valence electrons. The lowest BCUT2D eigenvalue weighted by atomic mass is 10.1. The standard InChI is InChI=1S/C19H20N2/c1-14-8-6-7-11-17(14)13-19-20-15(2)18(21-19)12-16-9-4-3-5-10-16/h3-11H,12-13H2,1-2H3,(H,20,21). The van der Waals surface area contributed by atoms with Gasteiger partial charge in [-0.05, 0) is 30.5 Å². The third-order valence-corrected chi connectivity index (χ3v) is 3.87. The summed E-state index contributed by atoms with van der Waals surface area (Å²) in [5.41, 5.74) is 6.26. The Kier molecular flexibility index (Phi) is 3.87. The minimum absolute atomic E-state index is 0.863. The van der Waals surface area contributed by atoms with E-state index < -0.39 is 0 Å². The molecule has 0 radical (unpaired) electrons. The van der Waals surface area contributed by atoms with Gasteiger partial charge < -0.3 is 4.98 Å². The van der Waals surface area contributed by atoms with E-state index in [1.165, 1.54) is 22.4 Å². The molecule has 0 spiro atoms. The Bertz CT molecular complexity index is 726. The quantitative estimate of drug-likeness (QED) is 0.760. The van der Waals surface area contributed by atoms with Gasteiger partial charge in [0.15, 0.2) is 0 Å². The molecule has 2 heteroatoms. The molecule has 0 aliphatic heterocycles. The molecule has 21 heavy (non-hydrogen) atoms. The van der Waals surface area contributed by atoms with Crippen LogP contribution in [-0.4, -0.2) is 9.97 Å². The van der Waals surface area contributed by atoms with Crippen molar-refractivity contribution in [1.29, 1.82) is 0 Å². The molecule has 1 heterocycles. The molecule has 0 aliphatic rings. The summed E-state index contributed by atoms with van der Waals surface area (Å²) in [6.07, 6.45) is 1.75. The normalized spacial score (nSPS) is 10.8. The maximum Gasteiger partial charge on any atom is 0.111 e. The van der Waals surface area contributed by atoms with Crippen molar-refractivity contribution in [2.75, 3.05) is 0 Å². The first-order valence-electron chi connectivity index (χ1n) is 7.35. The molecule has 1 N–H and O–H groups in total. The van der Waals surface area contributed by atoms with Gasteiger partial charge in [-0.3, -0.25) is 0 Å². The number of H-pyrrole nitrogens is 1. The largest absolute Gasteiger partial charge is 0.346 e. The summed E-state index contributed by atoms with van der Waals surface area (Å²) in [6, 6.07) is 19.0. The van der Waals surface area contributed by atoms with Crippen LogP contribution in [0.15, 0.2) is 54.6 Å².